The van der Waals surface area contributed by atoms with Gasteiger partial charge in [-0.15, -0.1) is 5.75 Å². The average Bonchev–Trinajstić information content (AvgIpc) is 2.19. The molecule has 0 unspecified atom stereocenters. The van der Waals surface area contributed by atoms with Crippen molar-refractivity contribution in [3.05, 3.63) is 35.9 Å². The van der Waals surface area contributed by atoms with Crippen LogP contribution in [0.15, 0.2) is 30.3 Å². The minimum Gasteiger partial charge on any atom is -0.872 e. The second-order valence-electron chi connectivity index (χ2n) is 3.15. The summed E-state index contributed by atoms with van der Waals surface area (Å²) in [5, 5.41) is 30.3. The van der Waals surface area contributed by atoms with Crippen LogP contribution in [0.3, 0.4) is 0 Å². The molecule has 0 saturated heterocycles. The van der Waals surface area contributed by atoms with Crippen molar-refractivity contribution in [2.24, 2.45) is 0 Å². The molecule has 0 bridgehead atoms. The molecule has 0 amide bonds. The second kappa shape index (κ2) is 3.16. The molecule has 0 aliphatic rings. The molecule has 0 aliphatic carbocycles. The zero-order valence-corrected chi connectivity index (χ0v) is 7.60. The van der Waals surface area contributed by atoms with Crippen molar-refractivity contribution in [2.75, 3.05) is 0 Å². The fraction of sp³-hybridized carbons (Fsp3) is 0. The Labute approximate surface area is 85.0 Å². The molecule has 0 aromatic heterocycles. The van der Waals surface area contributed by atoms with Crippen LogP contribution in [0, 0.1) is 0 Å². The van der Waals surface area contributed by atoms with Crippen LogP contribution in [0.1, 0.15) is 10.4 Å². The summed E-state index contributed by atoms with van der Waals surface area (Å²) in [7, 11) is 0. The van der Waals surface area contributed by atoms with Crippen LogP contribution >= 0.6 is 0 Å². The summed E-state index contributed by atoms with van der Waals surface area (Å²) in [6, 6.07) is 6.81. The smallest absolute Gasteiger partial charge is 0.335 e. The predicted molar refractivity (Wildman–Crippen MR) is 52.0 cm³/mol. The maximum Gasteiger partial charge on any atom is 0.335 e. The van der Waals surface area contributed by atoms with Crippen LogP contribution in [-0.4, -0.2) is 16.2 Å². The third-order valence-corrected chi connectivity index (χ3v) is 2.18. The van der Waals surface area contributed by atoms with Crippen LogP contribution < -0.4 is 5.11 Å². The maximum atomic E-state index is 11.4. The van der Waals surface area contributed by atoms with E-state index in [-0.39, 0.29) is 22.4 Å². The number of fused-ring (bicyclic) bond motifs is 1. The molecule has 15 heavy (non-hydrogen) atoms. The molecule has 0 atom stereocenters. The van der Waals surface area contributed by atoms with Gasteiger partial charge in [-0.05, 0) is 17.5 Å². The third-order valence-electron chi connectivity index (χ3n) is 2.18. The minimum atomic E-state index is -1.17. The van der Waals surface area contributed by atoms with Gasteiger partial charge in [0.1, 0.15) is 5.75 Å². The predicted octanol–water partition coefficient (Wildman–Crippen LogP) is 1.32. The maximum absolute atomic E-state index is 11.4. The number of aromatic carboxylic acids is 1. The summed E-state index contributed by atoms with van der Waals surface area (Å²) in [6.07, 6.45) is 0. The molecule has 0 spiro atoms. The summed E-state index contributed by atoms with van der Waals surface area (Å²) in [5.41, 5.74) is -0.0942. The van der Waals surface area contributed by atoms with E-state index in [4.69, 9.17) is 5.11 Å². The molecule has 2 aromatic carbocycles. The highest BCUT2D eigenvalue weighted by atomic mass is 16.4. The van der Waals surface area contributed by atoms with Crippen LogP contribution in [0.25, 0.3) is 10.8 Å². The Balaban J connectivity index is 2.85. The molecule has 0 fully saturated rings. The van der Waals surface area contributed by atoms with Gasteiger partial charge in [0.15, 0.2) is 0 Å². The molecular weight excluding hydrogens is 196 g/mol. The molecular formula is C11H7O4-. The number of rotatable bonds is 1. The van der Waals surface area contributed by atoms with Crippen molar-refractivity contribution < 1.29 is 20.1 Å². The normalized spacial score (nSPS) is 10.4. The lowest BCUT2D eigenvalue weighted by Crippen LogP contribution is -1.97. The molecule has 0 radical (unpaired) electrons. The Bertz CT molecular complexity index is 546. The van der Waals surface area contributed by atoms with Crippen LogP contribution in [0.2, 0.25) is 0 Å². The van der Waals surface area contributed by atoms with Crippen molar-refractivity contribution in [2.45, 2.75) is 0 Å². The highest BCUT2D eigenvalue weighted by molar-refractivity contribution is 5.99. The number of phenolic OH excluding ortho intramolecular Hbond substituents is 1. The summed E-state index contributed by atoms with van der Waals surface area (Å²) >= 11 is 0. The van der Waals surface area contributed by atoms with Gasteiger partial charge >= 0.3 is 5.97 Å². The number of hydrogen-bond donors (Lipinski definition) is 2. The van der Waals surface area contributed by atoms with E-state index in [1.54, 1.807) is 6.07 Å². The van der Waals surface area contributed by atoms with Gasteiger partial charge in [0.2, 0.25) is 0 Å². The van der Waals surface area contributed by atoms with E-state index < -0.39 is 5.97 Å². The van der Waals surface area contributed by atoms with Gasteiger partial charge in [-0.1, -0.05) is 18.2 Å². The lowest BCUT2D eigenvalue weighted by Gasteiger charge is -2.11. The summed E-state index contributed by atoms with van der Waals surface area (Å²) < 4.78 is 0. The van der Waals surface area contributed by atoms with Crippen LogP contribution in [0.5, 0.6) is 11.5 Å². The van der Waals surface area contributed by atoms with Crippen LogP contribution in [-0.2, 0) is 0 Å². The van der Waals surface area contributed by atoms with Crippen molar-refractivity contribution in [3.63, 3.8) is 0 Å². The Kier molecular flexibility index (Phi) is 1.97. The zero-order chi connectivity index (χ0) is 11.0. The Hall–Kier alpha value is -2.23. The van der Waals surface area contributed by atoms with E-state index in [0.717, 1.165) is 6.07 Å². The molecule has 76 valence electrons. The topological polar surface area (TPSA) is 80.6 Å². The van der Waals surface area contributed by atoms with E-state index in [1.807, 2.05) is 0 Å². The number of carboxylic acid groups (broad SMARTS) is 1. The lowest BCUT2D eigenvalue weighted by atomic mass is 10.1. The van der Waals surface area contributed by atoms with Crippen LogP contribution in [0.4, 0.5) is 0 Å². The summed E-state index contributed by atoms with van der Waals surface area (Å²) in [6.45, 7) is 0. The van der Waals surface area contributed by atoms with Crippen molar-refractivity contribution in [3.8, 4) is 11.5 Å². The molecule has 0 heterocycles. The van der Waals surface area contributed by atoms with E-state index in [2.05, 4.69) is 0 Å². The van der Waals surface area contributed by atoms with Gasteiger partial charge < -0.3 is 15.3 Å². The first-order valence-corrected chi connectivity index (χ1v) is 4.25. The number of phenols is 1. The van der Waals surface area contributed by atoms with E-state index >= 15 is 0 Å². The Morgan fingerprint density at radius 3 is 2.60 bits per heavy atom. The van der Waals surface area contributed by atoms with Crippen molar-refractivity contribution in [1.82, 2.24) is 0 Å². The largest absolute Gasteiger partial charge is 0.872 e. The number of benzene rings is 2. The fourth-order valence-corrected chi connectivity index (χ4v) is 1.46. The first-order chi connectivity index (χ1) is 7.09. The van der Waals surface area contributed by atoms with Crippen molar-refractivity contribution in [1.29, 1.82) is 0 Å². The molecule has 2 rings (SSSR count). The van der Waals surface area contributed by atoms with Gasteiger partial charge in [-0.2, -0.15) is 0 Å². The molecule has 2 aromatic rings. The number of aromatic hydroxyl groups is 1. The Morgan fingerprint density at radius 2 is 1.93 bits per heavy atom. The van der Waals surface area contributed by atoms with E-state index in [9.17, 15) is 15.0 Å². The monoisotopic (exact) mass is 203 g/mol. The van der Waals surface area contributed by atoms with E-state index in [1.165, 1.54) is 18.2 Å². The van der Waals surface area contributed by atoms with Gasteiger partial charge in [0, 0.05) is 5.39 Å². The molecule has 4 nitrogen and oxygen atoms in total. The summed E-state index contributed by atoms with van der Waals surface area (Å²) in [4.78, 5) is 10.7. The van der Waals surface area contributed by atoms with Gasteiger partial charge in [0.05, 0.1) is 5.56 Å². The average molecular weight is 203 g/mol. The summed E-state index contributed by atoms with van der Waals surface area (Å²) in [5.74, 6) is -1.66. The van der Waals surface area contributed by atoms with Gasteiger partial charge in [-0.25, -0.2) is 4.79 Å². The SMILES string of the molecule is O=C(O)c1cc(O)c2cccc([O-])c2c1. The van der Waals surface area contributed by atoms with E-state index in [0.29, 0.717) is 5.39 Å². The lowest BCUT2D eigenvalue weighted by molar-refractivity contribution is -0.265. The second-order valence-corrected chi connectivity index (χ2v) is 3.15. The Morgan fingerprint density at radius 1 is 1.20 bits per heavy atom. The van der Waals surface area contributed by atoms with Gasteiger partial charge in [0.25, 0.3) is 0 Å². The first-order valence-electron chi connectivity index (χ1n) is 4.25. The molecule has 4 heteroatoms. The molecule has 0 aliphatic heterocycles. The highest BCUT2D eigenvalue weighted by Gasteiger charge is 2.07. The van der Waals surface area contributed by atoms with Gasteiger partial charge in [-0.3, -0.25) is 0 Å². The first kappa shape index (κ1) is 9.33. The van der Waals surface area contributed by atoms with Crippen molar-refractivity contribution >= 4 is 16.7 Å². The fourth-order valence-electron chi connectivity index (χ4n) is 1.46. The molecule has 0 saturated carbocycles. The number of carbonyl (C=O) groups is 1. The molecule has 2 N–H and O–H groups in total. The highest BCUT2D eigenvalue weighted by Crippen LogP contribution is 2.30. The quantitative estimate of drug-likeness (QED) is 0.732. The standard InChI is InChI=1S/C11H8O4/c12-9-3-1-2-7-8(9)4-6(11(14)15)5-10(7)13/h1-5,12-13H,(H,14,15)/p-1. The third kappa shape index (κ3) is 1.46. The zero-order valence-electron chi connectivity index (χ0n) is 7.60. The number of carboxylic acids is 1. The minimum absolute atomic E-state index is 0.0942. The number of hydrogen-bond acceptors (Lipinski definition) is 3.